The quantitative estimate of drug-likeness (QED) is 0.591. The van der Waals surface area contributed by atoms with E-state index in [1.807, 2.05) is 65.6 Å². The van der Waals surface area contributed by atoms with Crippen LogP contribution in [-0.2, 0) is 0 Å². The maximum atomic E-state index is 13.2. The fraction of sp³-hybridized carbons (Fsp3) is 0.261. The highest BCUT2D eigenvalue weighted by molar-refractivity contribution is 6.00. The van der Waals surface area contributed by atoms with Crippen molar-refractivity contribution in [2.45, 2.75) is 26.7 Å². The van der Waals surface area contributed by atoms with Crippen molar-refractivity contribution in [2.75, 3.05) is 13.1 Å². The van der Waals surface area contributed by atoms with Crippen LogP contribution in [0.15, 0.2) is 66.9 Å². The van der Waals surface area contributed by atoms with Gasteiger partial charge in [0.2, 0.25) is 0 Å². The molecular formula is C23H25N3O. The summed E-state index contributed by atoms with van der Waals surface area (Å²) in [7, 11) is 0. The first-order chi connectivity index (χ1) is 13.2. The molecule has 3 aromatic rings. The van der Waals surface area contributed by atoms with Gasteiger partial charge in [-0.1, -0.05) is 74.5 Å². The molecule has 2 aromatic carbocycles. The molecule has 1 heterocycles. The normalized spacial score (nSPS) is 10.6. The molecule has 4 heteroatoms. The predicted octanol–water partition coefficient (Wildman–Crippen LogP) is 5.07. The van der Waals surface area contributed by atoms with Crippen molar-refractivity contribution in [3.8, 4) is 22.6 Å². The summed E-state index contributed by atoms with van der Waals surface area (Å²) < 4.78 is 0. The number of benzene rings is 2. The molecule has 3 rings (SSSR count). The molecule has 0 saturated heterocycles. The fourth-order valence-corrected chi connectivity index (χ4v) is 3.11. The summed E-state index contributed by atoms with van der Waals surface area (Å²) in [5.41, 5.74) is 3.11. The summed E-state index contributed by atoms with van der Waals surface area (Å²) in [6.07, 6.45) is 3.53. The van der Waals surface area contributed by atoms with Gasteiger partial charge in [0, 0.05) is 30.4 Å². The van der Waals surface area contributed by atoms with Crippen LogP contribution in [-0.4, -0.2) is 33.9 Å². The van der Waals surface area contributed by atoms with Gasteiger partial charge in [-0.2, -0.15) is 0 Å². The van der Waals surface area contributed by atoms with Crippen LogP contribution in [0.3, 0.4) is 0 Å². The highest BCUT2D eigenvalue weighted by Crippen LogP contribution is 2.25. The van der Waals surface area contributed by atoms with E-state index in [9.17, 15) is 4.79 Å². The average Bonchev–Trinajstić information content (AvgIpc) is 2.74. The molecule has 27 heavy (non-hydrogen) atoms. The third-order valence-electron chi connectivity index (χ3n) is 4.37. The largest absolute Gasteiger partial charge is 0.339 e. The lowest BCUT2D eigenvalue weighted by atomic mass is 10.1. The van der Waals surface area contributed by atoms with E-state index in [1.165, 1.54) is 0 Å². The molecule has 0 radical (unpaired) electrons. The molecule has 0 aliphatic carbocycles. The second kappa shape index (κ2) is 9.08. The molecule has 0 spiro atoms. The van der Waals surface area contributed by atoms with Crippen LogP contribution in [0.25, 0.3) is 22.6 Å². The van der Waals surface area contributed by atoms with Crippen molar-refractivity contribution in [3.63, 3.8) is 0 Å². The van der Waals surface area contributed by atoms with Crippen molar-refractivity contribution in [1.29, 1.82) is 0 Å². The van der Waals surface area contributed by atoms with Crippen LogP contribution in [0, 0.1) is 0 Å². The highest BCUT2D eigenvalue weighted by Gasteiger charge is 2.21. The van der Waals surface area contributed by atoms with Crippen LogP contribution in [0.5, 0.6) is 0 Å². The Bertz CT molecular complexity index is 873. The van der Waals surface area contributed by atoms with Crippen LogP contribution in [0.1, 0.15) is 37.0 Å². The van der Waals surface area contributed by atoms with Gasteiger partial charge in [-0.3, -0.25) is 4.79 Å². The van der Waals surface area contributed by atoms with E-state index in [4.69, 9.17) is 4.98 Å². The van der Waals surface area contributed by atoms with Crippen LogP contribution in [0.2, 0.25) is 0 Å². The number of nitrogens with zero attached hydrogens (tertiary/aromatic N) is 3. The van der Waals surface area contributed by atoms with Crippen molar-refractivity contribution in [1.82, 2.24) is 14.9 Å². The van der Waals surface area contributed by atoms with E-state index in [2.05, 4.69) is 18.8 Å². The molecule has 0 aliphatic heterocycles. The van der Waals surface area contributed by atoms with E-state index in [0.29, 0.717) is 17.1 Å². The molecule has 138 valence electrons. The smallest absolute Gasteiger partial charge is 0.257 e. The summed E-state index contributed by atoms with van der Waals surface area (Å²) >= 11 is 0. The highest BCUT2D eigenvalue weighted by atomic mass is 16.2. The Kier molecular flexibility index (Phi) is 6.31. The van der Waals surface area contributed by atoms with Crippen molar-refractivity contribution in [3.05, 3.63) is 72.4 Å². The number of amides is 1. The van der Waals surface area contributed by atoms with Crippen LogP contribution < -0.4 is 0 Å². The third kappa shape index (κ3) is 4.40. The van der Waals surface area contributed by atoms with Gasteiger partial charge in [0.05, 0.1) is 11.3 Å². The maximum Gasteiger partial charge on any atom is 0.257 e. The van der Waals surface area contributed by atoms with E-state index in [1.54, 1.807) is 6.20 Å². The van der Waals surface area contributed by atoms with Gasteiger partial charge >= 0.3 is 0 Å². The summed E-state index contributed by atoms with van der Waals surface area (Å²) in [5, 5.41) is 0. The molecule has 1 aromatic heterocycles. The minimum Gasteiger partial charge on any atom is -0.339 e. The topological polar surface area (TPSA) is 46.1 Å². The molecule has 0 fully saturated rings. The van der Waals surface area contributed by atoms with Crippen molar-refractivity contribution >= 4 is 5.91 Å². The Morgan fingerprint density at radius 2 is 1.41 bits per heavy atom. The zero-order valence-corrected chi connectivity index (χ0v) is 15.9. The first-order valence-electron chi connectivity index (χ1n) is 9.51. The molecule has 0 saturated carbocycles. The lowest BCUT2D eigenvalue weighted by Gasteiger charge is -2.22. The van der Waals surface area contributed by atoms with Crippen LogP contribution >= 0.6 is 0 Å². The zero-order valence-electron chi connectivity index (χ0n) is 15.9. The van der Waals surface area contributed by atoms with Gasteiger partial charge in [-0.05, 0) is 12.8 Å². The molecule has 0 aliphatic rings. The summed E-state index contributed by atoms with van der Waals surface area (Å²) in [5.74, 6) is 0.626. The van der Waals surface area contributed by atoms with E-state index >= 15 is 0 Å². The number of carbonyl (C=O) groups is 1. The standard InChI is InChI=1S/C23H25N3O/c1-3-15-26(16-4-2)23(27)20-17-24-22(19-13-9-6-10-14-19)25-21(20)18-11-7-5-8-12-18/h5-14,17H,3-4,15-16H2,1-2H3. The summed E-state index contributed by atoms with van der Waals surface area (Å²) in [4.78, 5) is 24.4. The Morgan fingerprint density at radius 3 is 1.96 bits per heavy atom. The number of aromatic nitrogens is 2. The van der Waals surface area contributed by atoms with Crippen molar-refractivity contribution in [2.24, 2.45) is 0 Å². The maximum absolute atomic E-state index is 13.2. The lowest BCUT2D eigenvalue weighted by molar-refractivity contribution is 0.0755. The molecular weight excluding hydrogens is 334 g/mol. The van der Waals surface area contributed by atoms with Gasteiger partial charge < -0.3 is 4.90 Å². The van der Waals surface area contributed by atoms with Crippen molar-refractivity contribution < 1.29 is 4.79 Å². The molecule has 0 bridgehead atoms. The van der Waals surface area contributed by atoms with Gasteiger partial charge in [0.1, 0.15) is 0 Å². The summed E-state index contributed by atoms with van der Waals surface area (Å²) in [6.45, 7) is 5.65. The number of hydrogen-bond acceptors (Lipinski definition) is 3. The molecule has 0 unspecified atom stereocenters. The lowest BCUT2D eigenvalue weighted by Crippen LogP contribution is -2.33. The van der Waals surface area contributed by atoms with Gasteiger partial charge in [0.25, 0.3) is 5.91 Å². The van der Waals surface area contributed by atoms with Gasteiger partial charge in [-0.25, -0.2) is 9.97 Å². The third-order valence-corrected chi connectivity index (χ3v) is 4.37. The Balaban J connectivity index is 2.09. The average molecular weight is 359 g/mol. The SMILES string of the molecule is CCCN(CCC)C(=O)c1cnc(-c2ccccc2)nc1-c1ccccc1. The monoisotopic (exact) mass is 359 g/mol. The van der Waals surface area contributed by atoms with Gasteiger partial charge in [0.15, 0.2) is 5.82 Å². The minimum atomic E-state index is -0.00263. The molecule has 1 amide bonds. The van der Waals surface area contributed by atoms with E-state index in [0.717, 1.165) is 37.1 Å². The van der Waals surface area contributed by atoms with E-state index < -0.39 is 0 Å². The number of rotatable bonds is 7. The number of hydrogen-bond donors (Lipinski definition) is 0. The van der Waals surface area contributed by atoms with Gasteiger partial charge in [-0.15, -0.1) is 0 Å². The second-order valence-corrected chi connectivity index (χ2v) is 6.48. The Hall–Kier alpha value is -3.01. The number of carbonyl (C=O) groups excluding carboxylic acids is 1. The Labute approximate surface area is 160 Å². The first kappa shape index (κ1) is 18.8. The fourth-order valence-electron chi connectivity index (χ4n) is 3.11. The molecule has 4 nitrogen and oxygen atoms in total. The molecule has 0 N–H and O–H groups in total. The first-order valence-corrected chi connectivity index (χ1v) is 9.51. The predicted molar refractivity (Wildman–Crippen MR) is 109 cm³/mol. The Morgan fingerprint density at radius 1 is 0.852 bits per heavy atom. The minimum absolute atomic E-state index is 0.00263. The second-order valence-electron chi connectivity index (χ2n) is 6.48. The summed E-state index contributed by atoms with van der Waals surface area (Å²) in [6, 6.07) is 19.7. The molecule has 0 atom stereocenters. The van der Waals surface area contributed by atoms with Crippen LogP contribution in [0.4, 0.5) is 0 Å². The zero-order chi connectivity index (χ0) is 19.1. The van der Waals surface area contributed by atoms with E-state index in [-0.39, 0.29) is 5.91 Å².